The van der Waals surface area contributed by atoms with Crippen molar-refractivity contribution in [1.29, 1.82) is 0 Å². The molecule has 0 aliphatic carbocycles. The summed E-state index contributed by atoms with van der Waals surface area (Å²) in [7, 11) is -2.17. The van der Waals surface area contributed by atoms with Crippen molar-refractivity contribution in [3.05, 3.63) is 88.2 Å². The predicted octanol–water partition coefficient (Wildman–Crippen LogP) is 4.38. The number of amides is 1. The van der Waals surface area contributed by atoms with E-state index in [1.165, 1.54) is 47.7 Å². The average Bonchev–Trinajstić information content (AvgIpc) is 3.23. The summed E-state index contributed by atoms with van der Waals surface area (Å²) in [6.07, 6.45) is 0. The molecule has 0 aliphatic rings. The third kappa shape index (κ3) is 6.18. The molecule has 0 saturated heterocycles. The van der Waals surface area contributed by atoms with Crippen molar-refractivity contribution in [3.8, 4) is 0 Å². The Morgan fingerprint density at radius 3 is 2.34 bits per heavy atom. The standard InChI is InChI=1S/C27H27N3O6S2/c1-4-36-26(32)20-9-14-23-24(17-20)37-27(30(23)15-16-35-3)28-25(31)19-7-10-21(11-8-19)29-38(33,34)22-12-5-18(2)6-13-22/h5-14,17,29H,4,15-16H2,1-3H3. The van der Waals surface area contributed by atoms with Gasteiger partial charge in [-0.25, -0.2) is 13.2 Å². The number of aromatic nitrogens is 1. The van der Waals surface area contributed by atoms with Crippen molar-refractivity contribution >= 4 is 49.1 Å². The number of aryl methyl sites for hydroxylation is 1. The lowest BCUT2D eigenvalue weighted by atomic mass is 10.2. The molecule has 0 saturated carbocycles. The quantitative estimate of drug-likeness (QED) is 0.308. The summed E-state index contributed by atoms with van der Waals surface area (Å²) in [6.45, 7) is 4.76. The number of nitrogens with zero attached hydrogens (tertiary/aromatic N) is 2. The van der Waals surface area contributed by atoms with E-state index < -0.39 is 21.9 Å². The van der Waals surface area contributed by atoms with Crippen LogP contribution in [0, 0.1) is 6.92 Å². The second-order valence-electron chi connectivity index (χ2n) is 8.34. The van der Waals surface area contributed by atoms with Gasteiger partial charge in [0.25, 0.3) is 15.9 Å². The van der Waals surface area contributed by atoms with Crippen molar-refractivity contribution in [2.45, 2.75) is 25.3 Å². The Balaban J connectivity index is 1.61. The Hall–Kier alpha value is -3.80. The minimum absolute atomic E-state index is 0.148. The number of hydrogen-bond acceptors (Lipinski definition) is 7. The molecule has 0 spiro atoms. The summed E-state index contributed by atoms with van der Waals surface area (Å²) in [5.74, 6) is -0.903. The van der Waals surface area contributed by atoms with Gasteiger partial charge in [-0.1, -0.05) is 29.0 Å². The summed E-state index contributed by atoms with van der Waals surface area (Å²) in [4.78, 5) is 30.1. The highest BCUT2D eigenvalue weighted by molar-refractivity contribution is 7.92. The third-order valence-electron chi connectivity index (χ3n) is 5.63. The van der Waals surface area contributed by atoms with Crippen molar-refractivity contribution < 1.29 is 27.5 Å². The number of carbonyl (C=O) groups excluding carboxylic acids is 2. The number of sulfonamides is 1. The van der Waals surface area contributed by atoms with E-state index in [2.05, 4.69) is 9.71 Å². The monoisotopic (exact) mass is 553 g/mol. The Labute approximate surface area is 224 Å². The van der Waals surface area contributed by atoms with E-state index in [4.69, 9.17) is 9.47 Å². The van der Waals surface area contributed by atoms with Gasteiger partial charge in [0.1, 0.15) is 0 Å². The molecule has 1 amide bonds. The Kier molecular flexibility index (Phi) is 8.40. The normalized spacial score (nSPS) is 12.0. The van der Waals surface area contributed by atoms with Crippen molar-refractivity contribution in [3.63, 3.8) is 0 Å². The number of rotatable bonds is 9. The zero-order chi connectivity index (χ0) is 27.3. The van der Waals surface area contributed by atoms with Crippen LogP contribution in [0.4, 0.5) is 5.69 Å². The van der Waals surface area contributed by atoms with Crippen LogP contribution >= 0.6 is 11.3 Å². The first kappa shape index (κ1) is 27.2. The molecule has 0 unspecified atom stereocenters. The van der Waals surface area contributed by atoms with Gasteiger partial charge in [0.05, 0.1) is 33.9 Å². The van der Waals surface area contributed by atoms with Gasteiger partial charge in [-0.05, 0) is 68.4 Å². The van der Waals surface area contributed by atoms with Crippen LogP contribution in [0.2, 0.25) is 0 Å². The lowest BCUT2D eigenvalue weighted by Gasteiger charge is -2.08. The molecule has 1 heterocycles. The van der Waals surface area contributed by atoms with E-state index in [0.29, 0.717) is 34.8 Å². The van der Waals surface area contributed by atoms with Crippen LogP contribution in [0.5, 0.6) is 0 Å². The second-order valence-corrected chi connectivity index (χ2v) is 11.0. The zero-order valence-corrected chi connectivity index (χ0v) is 22.8. The molecule has 1 N–H and O–H groups in total. The summed E-state index contributed by atoms with van der Waals surface area (Å²) < 4.78 is 40.8. The summed E-state index contributed by atoms with van der Waals surface area (Å²) in [6, 6.07) is 17.8. The van der Waals surface area contributed by atoms with Crippen molar-refractivity contribution in [2.24, 2.45) is 4.99 Å². The fourth-order valence-electron chi connectivity index (χ4n) is 3.66. The number of anilines is 1. The second kappa shape index (κ2) is 11.7. The molecule has 11 heteroatoms. The number of thiazole rings is 1. The topological polar surface area (TPSA) is 116 Å². The molecule has 0 aliphatic heterocycles. The molecule has 4 rings (SSSR count). The van der Waals surface area contributed by atoms with Crippen molar-refractivity contribution in [2.75, 3.05) is 25.0 Å². The third-order valence-corrected chi connectivity index (χ3v) is 8.06. The molecular weight excluding hydrogens is 526 g/mol. The van der Waals surface area contributed by atoms with Crippen LogP contribution in [0.1, 0.15) is 33.2 Å². The average molecular weight is 554 g/mol. The zero-order valence-electron chi connectivity index (χ0n) is 21.1. The fourth-order valence-corrected chi connectivity index (χ4v) is 5.81. The van der Waals surface area contributed by atoms with Crippen LogP contribution in [-0.2, 0) is 26.0 Å². The molecule has 9 nitrogen and oxygen atoms in total. The molecular formula is C27H27N3O6S2. The molecule has 0 atom stereocenters. The molecule has 4 aromatic rings. The van der Waals surface area contributed by atoms with E-state index in [1.807, 2.05) is 11.5 Å². The maximum Gasteiger partial charge on any atom is 0.338 e. The Morgan fingerprint density at radius 1 is 1.00 bits per heavy atom. The highest BCUT2D eigenvalue weighted by Crippen LogP contribution is 2.21. The highest BCUT2D eigenvalue weighted by Gasteiger charge is 2.15. The van der Waals surface area contributed by atoms with Gasteiger partial charge in [-0.3, -0.25) is 9.52 Å². The SMILES string of the molecule is CCOC(=O)c1ccc2c(c1)sc(=NC(=O)c1ccc(NS(=O)(=O)c3ccc(C)cc3)cc1)n2CCOC. The molecule has 0 bridgehead atoms. The van der Waals surface area contributed by atoms with Gasteiger partial charge in [0, 0.05) is 24.9 Å². The number of ether oxygens (including phenoxy) is 2. The van der Waals surface area contributed by atoms with E-state index >= 15 is 0 Å². The molecule has 3 aromatic carbocycles. The summed E-state index contributed by atoms with van der Waals surface area (Å²) in [5, 5.41) is 0. The van der Waals surface area contributed by atoms with E-state index in [1.54, 1.807) is 44.4 Å². The Morgan fingerprint density at radius 2 is 1.68 bits per heavy atom. The molecule has 0 radical (unpaired) electrons. The minimum atomic E-state index is -3.76. The largest absolute Gasteiger partial charge is 0.462 e. The maximum atomic E-state index is 13.0. The van der Waals surface area contributed by atoms with Crippen LogP contribution in [0.25, 0.3) is 10.2 Å². The lowest BCUT2D eigenvalue weighted by Crippen LogP contribution is -2.19. The number of benzene rings is 3. The molecule has 1 aromatic heterocycles. The number of hydrogen-bond donors (Lipinski definition) is 1. The predicted molar refractivity (Wildman–Crippen MR) is 146 cm³/mol. The lowest BCUT2D eigenvalue weighted by molar-refractivity contribution is 0.0526. The highest BCUT2D eigenvalue weighted by atomic mass is 32.2. The number of esters is 1. The van der Waals surface area contributed by atoms with Gasteiger partial charge < -0.3 is 14.0 Å². The van der Waals surface area contributed by atoms with Gasteiger partial charge >= 0.3 is 5.97 Å². The number of carbonyl (C=O) groups is 2. The molecule has 0 fully saturated rings. The van der Waals surface area contributed by atoms with Crippen LogP contribution in [0.3, 0.4) is 0 Å². The molecule has 38 heavy (non-hydrogen) atoms. The first-order valence-electron chi connectivity index (χ1n) is 11.8. The van der Waals surface area contributed by atoms with E-state index in [9.17, 15) is 18.0 Å². The Bertz CT molecular complexity index is 1640. The molecule has 198 valence electrons. The number of methoxy groups -OCH3 is 1. The van der Waals surface area contributed by atoms with Crippen LogP contribution in [0.15, 0.2) is 76.6 Å². The van der Waals surface area contributed by atoms with Gasteiger partial charge in [0.2, 0.25) is 0 Å². The first-order valence-corrected chi connectivity index (χ1v) is 14.1. The van der Waals surface area contributed by atoms with E-state index in [-0.39, 0.29) is 11.5 Å². The van der Waals surface area contributed by atoms with Gasteiger partial charge in [0.15, 0.2) is 4.80 Å². The van der Waals surface area contributed by atoms with Gasteiger partial charge in [-0.2, -0.15) is 4.99 Å². The van der Waals surface area contributed by atoms with Crippen molar-refractivity contribution in [1.82, 2.24) is 4.57 Å². The van der Waals surface area contributed by atoms with Crippen LogP contribution in [-0.4, -0.2) is 45.2 Å². The fraction of sp³-hybridized carbons (Fsp3) is 0.222. The van der Waals surface area contributed by atoms with E-state index in [0.717, 1.165) is 15.8 Å². The number of nitrogens with one attached hydrogen (secondary N) is 1. The maximum absolute atomic E-state index is 13.0. The van der Waals surface area contributed by atoms with Crippen LogP contribution < -0.4 is 9.52 Å². The summed E-state index contributed by atoms with van der Waals surface area (Å²) >= 11 is 1.28. The first-order chi connectivity index (χ1) is 18.2. The summed E-state index contributed by atoms with van der Waals surface area (Å²) in [5.41, 5.74) is 2.81. The number of fused-ring (bicyclic) bond motifs is 1. The smallest absolute Gasteiger partial charge is 0.338 e. The van der Waals surface area contributed by atoms with Gasteiger partial charge in [-0.15, -0.1) is 0 Å². The minimum Gasteiger partial charge on any atom is -0.462 e.